The molecule has 5 heteroatoms. The van der Waals surface area contributed by atoms with Crippen LogP contribution in [0.4, 0.5) is 0 Å². The number of hydrogen-bond donors (Lipinski definition) is 0. The highest BCUT2D eigenvalue weighted by atomic mass is 32.1. The smallest absolute Gasteiger partial charge is 0.254 e. The van der Waals surface area contributed by atoms with Crippen LogP contribution < -0.4 is 0 Å². The Hall–Kier alpha value is -1.20. The lowest BCUT2D eigenvalue weighted by Gasteiger charge is -2.38. The Bertz CT molecular complexity index is 595. The minimum absolute atomic E-state index is 0.129. The Balaban J connectivity index is 1.69. The molecule has 0 aliphatic carbocycles. The molecule has 106 valence electrons. The lowest BCUT2D eigenvalue weighted by Crippen LogP contribution is -2.43. The van der Waals surface area contributed by atoms with E-state index in [1.807, 2.05) is 27.9 Å². The number of amides is 1. The van der Waals surface area contributed by atoms with E-state index in [4.69, 9.17) is 0 Å². The molecule has 0 aromatic carbocycles. The van der Waals surface area contributed by atoms with Crippen LogP contribution in [-0.4, -0.2) is 28.9 Å². The van der Waals surface area contributed by atoms with E-state index >= 15 is 0 Å². The maximum atomic E-state index is 12.3. The van der Waals surface area contributed by atoms with Crippen molar-refractivity contribution in [2.75, 3.05) is 13.1 Å². The Kier molecular flexibility index (Phi) is 3.65. The zero-order valence-electron chi connectivity index (χ0n) is 11.8. The van der Waals surface area contributed by atoms with E-state index in [1.54, 1.807) is 22.7 Å². The maximum absolute atomic E-state index is 12.3. The third-order valence-corrected chi connectivity index (χ3v) is 5.96. The highest BCUT2D eigenvalue weighted by Gasteiger charge is 2.35. The summed E-state index contributed by atoms with van der Waals surface area (Å²) < 4.78 is 0. The Morgan fingerprint density at radius 1 is 1.40 bits per heavy atom. The summed E-state index contributed by atoms with van der Waals surface area (Å²) in [6, 6.07) is 1.91. The fraction of sp³-hybridized carbons (Fsp3) is 0.467. The number of rotatable bonds is 2. The van der Waals surface area contributed by atoms with E-state index in [9.17, 15) is 4.79 Å². The summed E-state index contributed by atoms with van der Waals surface area (Å²) in [6.45, 7) is 6.02. The van der Waals surface area contributed by atoms with Crippen LogP contribution in [0.25, 0.3) is 0 Å². The average molecular weight is 306 g/mol. The molecule has 3 nitrogen and oxygen atoms in total. The zero-order chi connectivity index (χ0) is 14.2. The van der Waals surface area contributed by atoms with E-state index < -0.39 is 0 Å². The van der Waals surface area contributed by atoms with Crippen molar-refractivity contribution < 1.29 is 4.79 Å². The first-order valence-corrected chi connectivity index (χ1v) is 8.59. The molecule has 20 heavy (non-hydrogen) atoms. The molecule has 3 heterocycles. The fourth-order valence-corrected chi connectivity index (χ4v) is 4.22. The average Bonchev–Trinajstić information content (AvgIpc) is 3.10. The summed E-state index contributed by atoms with van der Waals surface area (Å²) in [5.41, 5.74) is 0.952. The van der Waals surface area contributed by atoms with Gasteiger partial charge in [-0.05, 0) is 31.2 Å². The Morgan fingerprint density at radius 2 is 2.15 bits per heavy atom. The van der Waals surface area contributed by atoms with Crippen LogP contribution in [0.15, 0.2) is 23.0 Å². The second-order valence-corrected chi connectivity index (χ2v) is 7.66. The zero-order valence-corrected chi connectivity index (χ0v) is 13.4. The van der Waals surface area contributed by atoms with Crippen molar-refractivity contribution in [1.29, 1.82) is 0 Å². The Labute approximate surface area is 127 Å². The lowest BCUT2D eigenvalue weighted by molar-refractivity contribution is 0.0676. The highest BCUT2D eigenvalue weighted by Crippen LogP contribution is 2.37. The molecule has 3 rings (SSSR count). The van der Waals surface area contributed by atoms with Gasteiger partial charge in [0.25, 0.3) is 5.91 Å². The third-order valence-electron chi connectivity index (χ3n) is 4.06. The van der Waals surface area contributed by atoms with Gasteiger partial charge in [0.05, 0.1) is 10.6 Å². The van der Waals surface area contributed by atoms with Crippen molar-refractivity contribution in [2.45, 2.75) is 32.1 Å². The first-order valence-electron chi connectivity index (χ1n) is 6.83. The van der Waals surface area contributed by atoms with Gasteiger partial charge in [-0.2, -0.15) is 11.3 Å². The van der Waals surface area contributed by atoms with Crippen molar-refractivity contribution in [2.24, 2.45) is 0 Å². The molecular weight excluding hydrogens is 288 g/mol. The minimum Gasteiger partial charge on any atom is -0.339 e. The molecular formula is C15H18N2OS2. The minimum atomic E-state index is 0.129. The standard InChI is InChI=1S/C15H18N2OS2/c1-11-9-16-14(20-11)15(2)4-6-17(7-5-15)13(18)12-3-8-19-10-12/h3,8-10H,4-7H2,1-2H3. The molecule has 0 radical (unpaired) electrons. The second-order valence-electron chi connectivity index (χ2n) is 5.64. The largest absolute Gasteiger partial charge is 0.339 e. The van der Waals surface area contributed by atoms with E-state index in [-0.39, 0.29) is 11.3 Å². The molecule has 0 unspecified atom stereocenters. The highest BCUT2D eigenvalue weighted by molar-refractivity contribution is 7.11. The number of thiophene rings is 1. The second kappa shape index (κ2) is 5.30. The molecule has 0 saturated carbocycles. The number of carbonyl (C=O) groups excluding carboxylic acids is 1. The number of hydrogen-bond acceptors (Lipinski definition) is 4. The van der Waals surface area contributed by atoms with Gasteiger partial charge in [-0.25, -0.2) is 4.98 Å². The quantitative estimate of drug-likeness (QED) is 0.847. The van der Waals surface area contributed by atoms with Gasteiger partial charge >= 0.3 is 0 Å². The fourth-order valence-electron chi connectivity index (χ4n) is 2.62. The molecule has 0 N–H and O–H groups in total. The van der Waals surface area contributed by atoms with E-state index in [1.165, 1.54) is 9.88 Å². The van der Waals surface area contributed by atoms with Crippen LogP contribution in [0.3, 0.4) is 0 Å². The van der Waals surface area contributed by atoms with Crippen LogP contribution in [0.1, 0.15) is 40.0 Å². The van der Waals surface area contributed by atoms with Gasteiger partial charge in [-0.1, -0.05) is 6.92 Å². The van der Waals surface area contributed by atoms with Gasteiger partial charge in [-0.15, -0.1) is 11.3 Å². The van der Waals surface area contributed by atoms with E-state index in [0.717, 1.165) is 31.5 Å². The van der Waals surface area contributed by atoms with E-state index in [2.05, 4.69) is 18.8 Å². The molecule has 1 amide bonds. The molecule has 1 saturated heterocycles. The maximum Gasteiger partial charge on any atom is 0.254 e. The van der Waals surface area contributed by atoms with Gasteiger partial charge in [0.2, 0.25) is 0 Å². The molecule has 2 aromatic heterocycles. The molecule has 0 spiro atoms. The van der Waals surface area contributed by atoms with Crippen LogP contribution in [-0.2, 0) is 5.41 Å². The van der Waals surface area contributed by atoms with Crippen molar-refractivity contribution in [1.82, 2.24) is 9.88 Å². The molecule has 2 aromatic rings. The van der Waals surface area contributed by atoms with Crippen LogP contribution in [0.2, 0.25) is 0 Å². The van der Waals surface area contributed by atoms with Crippen LogP contribution >= 0.6 is 22.7 Å². The first kappa shape index (κ1) is 13.8. The van der Waals surface area contributed by atoms with Crippen molar-refractivity contribution in [3.8, 4) is 0 Å². The summed E-state index contributed by atoms with van der Waals surface area (Å²) >= 11 is 3.36. The Morgan fingerprint density at radius 3 is 2.70 bits per heavy atom. The van der Waals surface area contributed by atoms with Crippen molar-refractivity contribution in [3.05, 3.63) is 38.5 Å². The van der Waals surface area contributed by atoms with Crippen molar-refractivity contribution in [3.63, 3.8) is 0 Å². The predicted molar refractivity (Wildman–Crippen MR) is 83.7 cm³/mol. The summed E-state index contributed by atoms with van der Waals surface area (Å²) in [5.74, 6) is 0.170. The number of nitrogens with zero attached hydrogens (tertiary/aromatic N) is 2. The molecule has 1 aliphatic rings. The molecule has 0 atom stereocenters. The monoisotopic (exact) mass is 306 g/mol. The van der Waals surface area contributed by atoms with E-state index in [0.29, 0.717) is 0 Å². The van der Waals surface area contributed by atoms with Gasteiger partial charge in [0.15, 0.2) is 0 Å². The van der Waals surface area contributed by atoms with Crippen LogP contribution in [0, 0.1) is 6.92 Å². The topological polar surface area (TPSA) is 33.2 Å². The predicted octanol–water partition coefficient (Wildman–Crippen LogP) is 3.71. The normalized spacial score (nSPS) is 18.2. The number of aromatic nitrogens is 1. The third kappa shape index (κ3) is 2.52. The van der Waals surface area contributed by atoms with Crippen LogP contribution in [0.5, 0.6) is 0 Å². The SMILES string of the molecule is Cc1cnc(C2(C)CCN(C(=O)c3ccsc3)CC2)s1. The number of likely N-dealkylation sites (tertiary alicyclic amines) is 1. The van der Waals surface area contributed by atoms with Gasteiger partial charge in [-0.3, -0.25) is 4.79 Å². The first-order chi connectivity index (χ1) is 9.58. The summed E-state index contributed by atoms with van der Waals surface area (Å²) in [7, 11) is 0. The molecule has 1 fully saturated rings. The number of aryl methyl sites for hydroxylation is 1. The van der Waals surface area contributed by atoms with Gasteiger partial charge < -0.3 is 4.90 Å². The number of carbonyl (C=O) groups is 1. The molecule has 1 aliphatic heterocycles. The number of piperidine rings is 1. The number of thiazole rings is 1. The summed E-state index contributed by atoms with van der Waals surface area (Å²) in [4.78, 5) is 20.1. The summed E-state index contributed by atoms with van der Waals surface area (Å²) in [6.07, 6.45) is 3.94. The van der Waals surface area contributed by atoms with Gasteiger partial charge in [0.1, 0.15) is 0 Å². The lowest BCUT2D eigenvalue weighted by atomic mass is 9.81. The van der Waals surface area contributed by atoms with Gasteiger partial charge in [0, 0.05) is 35.0 Å². The van der Waals surface area contributed by atoms with Crippen molar-refractivity contribution >= 4 is 28.6 Å². The summed E-state index contributed by atoms with van der Waals surface area (Å²) in [5, 5.41) is 5.11. The molecule has 0 bridgehead atoms.